The van der Waals surface area contributed by atoms with Gasteiger partial charge in [0.15, 0.2) is 0 Å². The molecular formula is C14H21O4P. The SMILES string of the molecule is C=C[C@H]([C@@H](O)c1ccccc1)P(=O)(OCC)OCC. The van der Waals surface area contributed by atoms with Crippen LogP contribution in [0.1, 0.15) is 25.5 Å². The molecule has 0 saturated heterocycles. The van der Waals surface area contributed by atoms with Crippen molar-refractivity contribution in [3.05, 3.63) is 48.6 Å². The fourth-order valence-corrected chi connectivity index (χ4v) is 3.76. The van der Waals surface area contributed by atoms with Crippen molar-refractivity contribution in [1.82, 2.24) is 0 Å². The summed E-state index contributed by atoms with van der Waals surface area (Å²) in [6.45, 7) is 7.63. The van der Waals surface area contributed by atoms with Gasteiger partial charge in [0.2, 0.25) is 0 Å². The van der Waals surface area contributed by atoms with Crippen molar-refractivity contribution >= 4 is 7.60 Å². The molecule has 0 bridgehead atoms. The maximum Gasteiger partial charge on any atom is 0.340 e. The zero-order valence-electron chi connectivity index (χ0n) is 11.4. The molecule has 0 aliphatic heterocycles. The van der Waals surface area contributed by atoms with Gasteiger partial charge in [0.1, 0.15) is 5.66 Å². The lowest BCUT2D eigenvalue weighted by Crippen LogP contribution is -2.19. The number of hydrogen-bond acceptors (Lipinski definition) is 4. The average molecular weight is 284 g/mol. The largest absolute Gasteiger partial charge is 0.387 e. The number of aliphatic hydroxyl groups is 1. The van der Waals surface area contributed by atoms with Crippen molar-refractivity contribution in [1.29, 1.82) is 0 Å². The first-order chi connectivity index (χ1) is 9.09. The van der Waals surface area contributed by atoms with Crippen LogP contribution in [0.25, 0.3) is 0 Å². The first-order valence-corrected chi connectivity index (χ1v) is 7.94. The van der Waals surface area contributed by atoms with Crippen LogP contribution in [-0.2, 0) is 13.6 Å². The lowest BCUT2D eigenvalue weighted by Gasteiger charge is -2.27. The lowest BCUT2D eigenvalue weighted by atomic mass is 10.1. The number of rotatable bonds is 8. The second kappa shape index (κ2) is 7.61. The Balaban J connectivity index is 3.03. The van der Waals surface area contributed by atoms with Crippen LogP contribution in [-0.4, -0.2) is 24.0 Å². The van der Waals surface area contributed by atoms with E-state index in [9.17, 15) is 9.67 Å². The minimum atomic E-state index is -3.42. The predicted molar refractivity (Wildman–Crippen MR) is 76.2 cm³/mol. The minimum absolute atomic E-state index is 0.253. The number of hydrogen-bond donors (Lipinski definition) is 1. The summed E-state index contributed by atoms with van der Waals surface area (Å²) in [5, 5.41) is 10.4. The zero-order valence-corrected chi connectivity index (χ0v) is 12.3. The summed E-state index contributed by atoms with van der Waals surface area (Å²) in [5.41, 5.74) is -0.123. The van der Waals surface area contributed by atoms with E-state index in [4.69, 9.17) is 9.05 Å². The van der Waals surface area contributed by atoms with Gasteiger partial charge in [-0.25, -0.2) is 0 Å². The molecule has 2 atom stereocenters. The van der Waals surface area contributed by atoms with Crippen molar-refractivity contribution in [2.45, 2.75) is 25.6 Å². The van der Waals surface area contributed by atoms with Gasteiger partial charge in [-0.15, -0.1) is 6.58 Å². The molecule has 0 saturated carbocycles. The smallest absolute Gasteiger partial charge is 0.340 e. The molecule has 19 heavy (non-hydrogen) atoms. The van der Waals surface area contributed by atoms with Gasteiger partial charge in [-0.2, -0.15) is 0 Å². The number of benzene rings is 1. The molecule has 106 valence electrons. The summed E-state index contributed by atoms with van der Waals surface area (Å²) < 4.78 is 23.2. The van der Waals surface area contributed by atoms with Crippen LogP contribution in [0.5, 0.6) is 0 Å². The van der Waals surface area contributed by atoms with Gasteiger partial charge in [-0.05, 0) is 19.4 Å². The standard InChI is InChI=1S/C14H21O4P/c1-4-13(19(16,17-5-2)18-6-3)14(15)12-10-8-7-9-11-12/h4,7-11,13-15H,1,5-6H2,2-3H3/t13-,14+/m1/s1. The minimum Gasteiger partial charge on any atom is -0.387 e. The van der Waals surface area contributed by atoms with E-state index in [1.165, 1.54) is 6.08 Å². The summed E-state index contributed by atoms with van der Waals surface area (Å²) in [4.78, 5) is 0. The maximum absolute atomic E-state index is 12.7. The molecule has 5 heteroatoms. The van der Waals surface area contributed by atoms with Crippen molar-refractivity contribution in [3.8, 4) is 0 Å². The third kappa shape index (κ3) is 4.02. The molecule has 0 aromatic heterocycles. The highest BCUT2D eigenvalue weighted by Crippen LogP contribution is 2.57. The number of aliphatic hydroxyl groups excluding tert-OH is 1. The van der Waals surface area contributed by atoms with E-state index in [0.717, 1.165) is 0 Å². The van der Waals surface area contributed by atoms with Crippen LogP contribution in [0.3, 0.4) is 0 Å². The molecule has 0 fully saturated rings. The summed E-state index contributed by atoms with van der Waals surface area (Å²) in [6.07, 6.45) is 0.465. The molecule has 0 heterocycles. The van der Waals surface area contributed by atoms with E-state index < -0.39 is 19.4 Å². The van der Waals surface area contributed by atoms with Crippen molar-refractivity contribution in [2.24, 2.45) is 0 Å². The zero-order chi connectivity index (χ0) is 14.3. The molecule has 0 aliphatic carbocycles. The normalized spacial score (nSPS) is 14.9. The average Bonchev–Trinajstić information content (AvgIpc) is 2.40. The molecule has 0 unspecified atom stereocenters. The molecule has 0 aliphatic rings. The molecule has 0 amide bonds. The third-order valence-corrected chi connectivity index (χ3v) is 5.15. The first kappa shape index (κ1) is 16.1. The molecule has 0 spiro atoms. The molecule has 1 N–H and O–H groups in total. The summed E-state index contributed by atoms with van der Waals surface area (Å²) in [5.74, 6) is 0. The Morgan fingerprint density at radius 1 is 1.26 bits per heavy atom. The van der Waals surface area contributed by atoms with E-state index in [1.54, 1.807) is 26.0 Å². The highest BCUT2D eigenvalue weighted by Gasteiger charge is 2.39. The Labute approximate surface area is 114 Å². The lowest BCUT2D eigenvalue weighted by molar-refractivity contribution is 0.152. The van der Waals surface area contributed by atoms with Crippen molar-refractivity contribution in [2.75, 3.05) is 13.2 Å². The quantitative estimate of drug-likeness (QED) is 0.586. The second-order valence-corrected chi connectivity index (χ2v) is 6.15. The van der Waals surface area contributed by atoms with E-state index in [0.29, 0.717) is 5.56 Å². The van der Waals surface area contributed by atoms with Gasteiger partial charge in [0, 0.05) is 0 Å². The Bertz CT molecular complexity index is 422. The van der Waals surface area contributed by atoms with E-state index in [2.05, 4.69) is 6.58 Å². The van der Waals surface area contributed by atoms with E-state index >= 15 is 0 Å². The van der Waals surface area contributed by atoms with Crippen molar-refractivity contribution in [3.63, 3.8) is 0 Å². The van der Waals surface area contributed by atoms with Crippen LogP contribution >= 0.6 is 7.60 Å². The second-order valence-electron chi connectivity index (χ2n) is 3.96. The predicted octanol–water partition coefficient (Wildman–Crippen LogP) is 3.54. The highest BCUT2D eigenvalue weighted by atomic mass is 31.2. The Morgan fingerprint density at radius 3 is 2.21 bits per heavy atom. The van der Waals surface area contributed by atoms with Gasteiger partial charge >= 0.3 is 7.60 Å². The van der Waals surface area contributed by atoms with Crippen LogP contribution in [0.15, 0.2) is 43.0 Å². The topological polar surface area (TPSA) is 55.8 Å². The summed E-state index contributed by atoms with van der Waals surface area (Å²) in [6, 6.07) is 9.01. The molecule has 1 aromatic rings. The van der Waals surface area contributed by atoms with Crippen LogP contribution in [0, 0.1) is 0 Å². The fourth-order valence-electron chi connectivity index (χ4n) is 1.85. The van der Waals surface area contributed by atoms with E-state index in [1.807, 2.05) is 18.2 Å². The van der Waals surface area contributed by atoms with Crippen LogP contribution in [0.4, 0.5) is 0 Å². The van der Waals surface area contributed by atoms with Crippen molar-refractivity contribution < 1.29 is 18.7 Å². The molecule has 1 rings (SSSR count). The monoisotopic (exact) mass is 284 g/mol. The van der Waals surface area contributed by atoms with Gasteiger partial charge in [-0.1, -0.05) is 36.4 Å². The molecule has 4 nitrogen and oxygen atoms in total. The van der Waals surface area contributed by atoms with Gasteiger partial charge in [0.05, 0.1) is 19.3 Å². The fraction of sp³-hybridized carbons (Fsp3) is 0.429. The Morgan fingerprint density at radius 2 is 1.79 bits per heavy atom. The van der Waals surface area contributed by atoms with Gasteiger partial charge in [-0.3, -0.25) is 4.57 Å². The first-order valence-electron chi connectivity index (χ1n) is 6.33. The van der Waals surface area contributed by atoms with Gasteiger partial charge < -0.3 is 14.2 Å². The highest BCUT2D eigenvalue weighted by molar-refractivity contribution is 7.54. The summed E-state index contributed by atoms with van der Waals surface area (Å²) in [7, 11) is -3.42. The maximum atomic E-state index is 12.7. The molecule has 1 aromatic carbocycles. The molecular weight excluding hydrogens is 263 g/mol. The van der Waals surface area contributed by atoms with Crippen LogP contribution < -0.4 is 0 Å². The Hall–Kier alpha value is -0.930. The molecule has 0 radical (unpaired) electrons. The Kier molecular flexibility index (Phi) is 6.46. The van der Waals surface area contributed by atoms with Gasteiger partial charge in [0.25, 0.3) is 0 Å². The van der Waals surface area contributed by atoms with E-state index in [-0.39, 0.29) is 13.2 Å². The summed E-state index contributed by atoms with van der Waals surface area (Å²) >= 11 is 0. The third-order valence-electron chi connectivity index (χ3n) is 2.69. The van der Waals surface area contributed by atoms with Crippen LogP contribution in [0.2, 0.25) is 0 Å².